The maximum absolute atomic E-state index is 13.5. The van der Waals surface area contributed by atoms with Gasteiger partial charge in [0, 0.05) is 0 Å². The molecule has 2 bridgehead atoms. The first-order chi connectivity index (χ1) is 14.6. The Kier molecular flexibility index (Phi) is 5.61. The van der Waals surface area contributed by atoms with Crippen molar-refractivity contribution in [3.8, 4) is 0 Å². The molecule has 0 N–H and O–H groups in total. The standard InChI is InChI=1S/C27H42O6/c1-15-12-22(2,3)17-19(29)33-20(30)18(26(10,11)25(17,8)9)23(4,5)14-24(6,7)27(15)13-16(28)32-21(27)31/h15,17-18H,12-14H2,1-11H3. The first kappa shape index (κ1) is 25.9. The van der Waals surface area contributed by atoms with E-state index in [0.29, 0.717) is 12.8 Å². The highest BCUT2D eigenvalue weighted by Gasteiger charge is 2.68. The molecule has 0 radical (unpaired) electrons. The predicted molar refractivity (Wildman–Crippen MR) is 124 cm³/mol. The Balaban J connectivity index is 2.38. The van der Waals surface area contributed by atoms with Crippen molar-refractivity contribution in [1.29, 1.82) is 0 Å². The van der Waals surface area contributed by atoms with E-state index in [1.807, 2.05) is 48.5 Å². The average Bonchev–Trinajstić information content (AvgIpc) is 2.83. The monoisotopic (exact) mass is 462 g/mol. The summed E-state index contributed by atoms with van der Waals surface area (Å²) < 4.78 is 10.8. The van der Waals surface area contributed by atoms with Gasteiger partial charge in [-0.05, 0) is 45.8 Å². The van der Waals surface area contributed by atoms with Crippen LogP contribution < -0.4 is 0 Å². The number of carbonyl (C=O) groups excluding carboxylic acids is 4. The Morgan fingerprint density at radius 1 is 0.697 bits per heavy atom. The van der Waals surface area contributed by atoms with Gasteiger partial charge in [-0.1, -0.05) is 76.2 Å². The summed E-state index contributed by atoms with van der Waals surface area (Å²) in [6.45, 7) is 22.4. The molecule has 3 rings (SSSR count). The number of hydrogen-bond donors (Lipinski definition) is 0. The van der Waals surface area contributed by atoms with Gasteiger partial charge in [0.25, 0.3) is 0 Å². The predicted octanol–water partition coefficient (Wildman–Crippen LogP) is 5.32. The number of ether oxygens (including phenoxy) is 2. The Morgan fingerprint density at radius 3 is 1.58 bits per heavy atom. The second-order valence-electron chi connectivity index (χ2n) is 14.1. The van der Waals surface area contributed by atoms with E-state index in [4.69, 9.17) is 9.47 Å². The minimum atomic E-state index is -1.03. The van der Waals surface area contributed by atoms with Crippen molar-refractivity contribution in [2.75, 3.05) is 0 Å². The number of cyclic esters (lactones) is 4. The van der Waals surface area contributed by atoms with Gasteiger partial charge in [-0.2, -0.15) is 0 Å². The molecule has 4 atom stereocenters. The summed E-state index contributed by atoms with van der Waals surface area (Å²) in [5, 5.41) is 0. The minimum Gasteiger partial charge on any atom is -0.393 e. The molecule has 0 aromatic heterocycles. The molecule has 1 spiro atoms. The van der Waals surface area contributed by atoms with E-state index in [0.717, 1.165) is 0 Å². The van der Waals surface area contributed by atoms with E-state index in [2.05, 4.69) is 27.7 Å². The van der Waals surface area contributed by atoms with Gasteiger partial charge in [-0.25, -0.2) is 0 Å². The summed E-state index contributed by atoms with van der Waals surface area (Å²) in [6, 6.07) is 0. The lowest BCUT2D eigenvalue weighted by Crippen LogP contribution is -2.53. The third-order valence-corrected chi connectivity index (χ3v) is 10.1. The highest BCUT2D eigenvalue weighted by atomic mass is 16.6. The van der Waals surface area contributed by atoms with Crippen LogP contribution in [-0.2, 0) is 28.7 Å². The van der Waals surface area contributed by atoms with Crippen molar-refractivity contribution in [2.24, 2.45) is 50.2 Å². The third kappa shape index (κ3) is 3.41. The number of fused-ring (bicyclic) bond motifs is 3. The second-order valence-corrected chi connectivity index (χ2v) is 14.1. The summed E-state index contributed by atoms with van der Waals surface area (Å²) in [7, 11) is 0. The van der Waals surface area contributed by atoms with Gasteiger partial charge in [0.15, 0.2) is 0 Å². The summed E-state index contributed by atoms with van der Waals surface area (Å²) in [4.78, 5) is 52.9. The lowest BCUT2D eigenvalue weighted by molar-refractivity contribution is -0.172. The lowest BCUT2D eigenvalue weighted by atomic mass is 9.47. The van der Waals surface area contributed by atoms with Crippen LogP contribution in [0.1, 0.15) is 95.4 Å². The normalized spacial score (nSPS) is 38.9. The van der Waals surface area contributed by atoms with Crippen molar-refractivity contribution in [1.82, 2.24) is 0 Å². The Morgan fingerprint density at radius 2 is 1.15 bits per heavy atom. The van der Waals surface area contributed by atoms with Gasteiger partial charge in [-0.3, -0.25) is 19.2 Å². The molecular formula is C27H42O6. The molecule has 1 aliphatic carbocycles. The van der Waals surface area contributed by atoms with E-state index >= 15 is 0 Å². The molecule has 3 aliphatic rings. The van der Waals surface area contributed by atoms with Gasteiger partial charge < -0.3 is 9.47 Å². The van der Waals surface area contributed by atoms with Gasteiger partial charge in [0.2, 0.25) is 0 Å². The Hall–Kier alpha value is -1.72. The largest absolute Gasteiger partial charge is 0.393 e. The Bertz CT molecular complexity index is 906. The zero-order valence-electron chi connectivity index (χ0n) is 22.3. The van der Waals surface area contributed by atoms with E-state index in [9.17, 15) is 19.2 Å². The number of rotatable bonds is 0. The molecule has 6 nitrogen and oxygen atoms in total. The molecule has 186 valence electrons. The Labute approximate surface area is 198 Å². The number of carbonyl (C=O) groups is 4. The second kappa shape index (κ2) is 7.14. The van der Waals surface area contributed by atoms with Crippen LogP contribution >= 0.6 is 0 Å². The molecule has 0 aromatic carbocycles. The maximum atomic E-state index is 13.5. The number of hydrogen-bond acceptors (Lipinski definition) is 6. The fourth-order valence-corrected chi connectivity index (χ4v) is 8.71. The highest BCUT2D eigenvalue weighted by Crippen LogP contribution is 2.66. The molecule has 4 unspecified atom stereocenters. The van der Waals surface area contributed by atoms with Crippen molar-refractivity contribution >= 4 is 23.9 Å². The maximum Gasteiger partial charge on any atom is 0.321 e. The third-order valence-electron chi connectivity index (χ3n) is 10.1. The first-order valence-electron chi connectivity index (χ1n) is 12.2. The fraction of sp³-hybridized carbons (Fsp3) is 0.852. The molecule has 0 amide bonds. The first-order valence-corrected chi connectivity index (χ1v) is 12.2. The summed E-state index contributed by atoms with van der Waals surface area (Å²) in [5.74, 6) is -3.34. The molecule has 3 fully saturated rings. The van der Waals surface area contributed by atoms with Crippen LogP contribution in [-0.4, -0.2) is 23.9 Å². The zero-order chi connectivity index (χ0) is 25.6. The van der Waals surface area contributed by atoms with Crippen LogP contribution in [0.25, 0.3) is 0 Å². The molecule has 6 heteroatoms. The van der Waals surface area contributed by atoms with Gasteiger partial charge in [0.05, 0.1) is 23.7 Å². The summed E-state index contributed by atoms with van der Waals surface area (Å²) in [5.41, 5.74) is -4.05. The van der Waals surface area contributed by atoms with Crippen LogP contribution in [0.2, 0.25) is 0 Å². The summed E-state index contributed by atoms with van der Waals surface area (Å²) in [6.07, 6.45) is 1.02. The van der Waals surface area contributed by atoms with Gasteiger partial charge in [-0.15, -0.1) is 0 Å². The van der Waals surface area contributed by atoms with Crippen molar-refractivity contribution in [2.45, 2.75) is 95.4 Å². The van der Waals surface area contributed by atoms with Gasteiger partial charge in [0.1, 0.15) is 0 Å². The van der Waals surface area contributed by atoms with Crippen LogP contribution in [0.15, 0.2) is 0 Å². The van der Waals surface area contributed by atoms with Crippen LogP contribution in [0.3, 0.4) is 0 Å². The molecule has 1 saturated carbocycles. The van der Waals surface area contributed by atoms with E-state index in [1.165, 1.54) is 0 Å². The molecule has 2 saturated heterocycles. The van der Waals surface area contributed by atoms with Crippen molar-refractivity contribution in [3.05, 3.63) is 0 Å². The zero-order valence-corrected chi connectivity index (χ0v) is 22.3. The molecule has 33 heavy (non-hydrogen) atoms. The van der Waals surface area contributed by atoms with Crippen LogP contribution in [0, 0.1) is 50.2 Å². The molecule has 0 aromatic rings. The van der Waals surface area contributed by atoms with Crippen molar-refractivity contribution < 1.29 is 28.7 Å². The van der Waals surface area contributed by atoms with E-state index < -0.39 is 68.2 Å². The fourth-order valence-electron chi connectivity index (χ4n) is 8.71. The quantitative estimate of drug-likeness (QED) is 0.357. The van der Waals surface area contributed by atoms with Crippen molar-refractivity contribution in [3.63, 3.8) is 0 Å². The number of esters is 4. The smallest absolute Gasteiger partial charge is 0.321 e. The lowest BCUT2D eigenvalue weighted by Gasteiger charge is -2.54. The highest BCUT2D eigenvalue weighted by molar-refractivity contribution is 5.98. The SMILES string of the molecule is CC1CC(C)(C)C2C(=O)OC(=O)C(C(C)(C)CC(C)(C)C13CC(=O)OC3=O)C(C)(C)C2(C)C. The molecule has 2 heterocycles. The topological polar surface area (TPSA) is 86.7 Å². The van der Waals surface area contributed by atoms with E-state index in [-0.39, 0.29) is 12.3 Å². The van der Waals surface area contributed by atoms with Crippen LogP contribution in [0.4, 0.5) is 0 Å². The van der Waals surface area contributed by atoms with E-state index in [1.54, 1.807) is 0 Å². The molecule has 2 aliphatic heterocycles. The van der Waals surface area contributed by atoms with Crippen LogP contribution in [0.5, 0.6) is 0 Å². The minimum absolute atomic E-state index is 0.0205. The van der Waals surface area contributed by atoms with Gasteiger partial charge >= 0.3 is 23.9 Å². The molecular weight excluding hydrogens is 420 g/mol. The average molecular weight is 463 g/mol. The summed E-state index contributed by atoms with van der Waals surface area (Å²) >= 11 is 0.